The van der Waals surface area contributed by atoms with Gasteiger partial charge in [-0.25, -0.2) is 9.37 Å². The third kappa shape index (κ3) is 3.00. The number of ether oxygens (including phenoxy) is 1. The first-order chi connectivity index (χ1) is 12.1. The largest absolute Gasteiger partial charge is 0.371 e. The van der Waals surface area contributed by atoms with Gasteiger partial charge in [-0.05, 0) is 37.1 Å². The molecule has 2 N–H and O–H groups in total. The van der Waals surface area contributed by atoms with Crippen molar-refractivity contribution in [2.75, 3.05) is 11.9 Å². The maximum atomic E-state index is 13.3. The highest BCUT2D eigenvalue weighted by molar-refractivity contribution is 5.93. The summed E-state index contributed by atoms with van der Waals surface area (Å²) in [6.45, 7) is 0.615. The first-order valence-corrected chi connectivity index (χ1v) is 8.17. The number of anilines is 1. The molecule has 25 heavy (non-hydrogen) atoms. The number of imidazole rings is 1. The Hall–Kier alpha value is -2.74. The van der Waals surface area contributed by atoms with Crippen molar-refractivity contribution in [2.24, 2.45) is 13.0 Å². The molecule has 3 heterocycles. The molecule has 0 radical (unpaired) electrons. The molecule has 1 amide bonds. The number of H-pyrrole nitrogens is 1. The third-order valence-corrected chi connectivity index (χ3v) is 4.49. The number of benzene rings is 1. The van der Waals surface area contributed by atoms with E-state index >= 15 is 0 Å². The van der Waals surface area contributed by atoms with E-state index in [0.29, 0.717) is 23.6 Å². The number of carbonyl (C=O) groups excluding carboxylic acids is 1. The maximum Gasteiger partial charge on any atom is 0.232 e. The van der Waals surface area contributed by atoms with E-state index in [1.165, 1.54) is 12.1 Å². The van der Waals surface area contributed by atoms with E-state index in [-0.39, 0.29) is 23.7 Å². The van der Waals surface area contributed by atoms with Gasteiger partial charge in [-0.1, -0.05) is 0 Å². The standard InChI is InChI=1S/C17H18FN5O2/c1-23-14(6-7-19-23)15-11(3-2-8-25-15)16(24)22-17-20-12-5-4-10(18)9-13(12)21-17/h4-7,9,11,15H,2-3,8H2,1H3,(H2,20,21,22,24)/t11-,15-/m1/s1. The van der Waals surface area contributed by atoms with Gasteiger partial charge in [0.15, 0.2) is 0 Å². The molecule has 1 fully saturated rings. The summed E-state index contributed by atoms with van der Waals surface area (Å²) in [5, 5.41) is 6.95. The molecule has 2 atom stereocenters. The molecule has 1 saturated heterocycles. The zero-order valence-corrected chi connectivity index (χ0v) is 13.7. The molecular formula is C17H18FN5O2. The minimum Gasteiger partial charge on any atom is -0.371 e. The van der Waals surface area contributed by atoms with Gasteiger partial charge < -0.3 is 9.72 Å². The Labute approximate surface area is 143 Å². The highest BCUT2D eigenvalue weighted by Crippen LogP contribution is 2.34. The molecule has 1 aromatic carbocycles. The number of carbonyl (C=O) groups is 1. The number of hydrogen-bond acceptors (Lipinski definition) is 4. The van der Waals surface area contributed by atoms with Crippen molar-refractivity contribution >= 4 is 22.9 Å². The van der Waals surface area contributed by atoms with Crippen LogP contribution in [0.3, 0.4) is 0 Å². The van der Waals surface area contributed by atoms with Crippen LogP contribution in [-0.2, 0) is 16.6 Å². The van der Waals surface area contributed by atoms with Gasteiger partial charge in [0.25, 0.3) is 0 Å². The predicted octanol–water partition coefficient (Wildman–Crippen LogP) is 2.54. The van der Waals surface area contributed by atoms with Gasteiger partial charge in [-0.3, -0.25) is 14.8 Å². The number of nitrogens with one attached hydrogen (secondary N) is 2. The number of halogens is 1. The third-order valence-electron chi connectivity index (χ3n) is 4.49. The first kappa shape index (κ1) is 15.8. The van der Waals surface area contributed by atoms with Crippen LogP contribution in [-0.4, -0.2) is 32.3 Å². The summed E-state index contributed by atoms with van der Waals surface area (Å²) in [6.07, 6.45) is 2.88. The van der Waals surface area contributed by atoms with Gasteiger partial charge in [0.2, 0.25) is 11.9 Å². The Morgan fingerprint density at radius 3 is 3.12 bits per heavy atom. The monoisotopic (exact) mass is 343 g/mol. The van der Waals surface area contributed by atoms with E-state index in [0.717, 1.165) is 18.5 Å². The number of nitrogens with zero attached hydrogens (tertiary/aromatic N) is 3. The van der Waals surface area contributed by atoms with Gasteiger partial charge in [-0.2, -0.15) is 5.10 Å². The molecular weight excluding hydrogens is 325 g/mol. The van der Waals surface area contributed by atoms with E-state index in [1.54, 1.807) is 16.9 Å². The summed E-state index contributed by atoms with van der Waals surface area (Å²) in [4.78, 5) is 20.0. The smallest absolute Gasteiger partial charge is 0.232 e. The summed E-state index contributed by atoms with van der Waals surface area (Å²) in [6, 6.07) is 6.11. The Bertz CT molecular complexity index is 919. The topological polar surface area (TPSA) is 84.8 Å². The van der Waals surface area contributed by atoms with Crippen LogP contribution < -0.4 is 5.32 Å². The minimum atomic E-state index is -0.356. The first-order valence-electron chi connectivity index (χ1n) is 8.17. The van der Waals surface area contributed by atoms with Gasteiger partial charge >= 0.3 is 0 Å². The number of aromatic amines is 1. The number of rotatable bonds is 3. The maximum absolute atomic E-state index is 13.3. The summed E-state index contributed by atoms with van der Waals surface area (Å²) in [5.41, 5.74) is 2.00. The highest BCUT2D eigenvalue weighted by Gasteiger charge is 2.35. The minimum absolute atomic E-state index is 0.176. The fourth-order valence-electron chi connectivity index (χ4n) is 3.25. The molecule has 1 aliphatic heterocycles. The lowest BCUT2D eigenvalue weighted by molar-refractivity contribution is -0.129. The number of hydrogen-bond donors (Lipinski definition) is 2. The van der Waals surface area contributed by atoms with E-state index in [1.807, 2.05) is 13.1 Å². The Kier molecular flexibility index (Phi) is 3.96. The van der Waals surface area contributed by atoms with E-state index in [4.69, 9.17) is 4.74 Å². The molecule has 4 rings (SSSR count). The van der Waals surface area contributed by atoms with Gasteiger partial charge in [-0.15, -0.1) is 0 Å². The van der Waals surface area contributed by atoms with Crippen molar-refractivity contribution in [3.63, 3.8) is 0 Å². The van der Waals surface area contributed by atoms with Crippen molar-refractivity contribution in [1.29, 1.82) is 0 Å². The molecule has 0 saturated carbocycles. The molecule has 0 aliphatic carbocycles. The molecule has 0 spiro atoms. The summed E-state index contributed by atoms with van der Waals surface area (Å²) in [7, 11) is 1.83. The van der Waals surface area contributed by atoms with Crippen LogP contribution in [0, 0.1) is 11.7 Å². The molecule has 130 valence electrons. The number of aromatic nitrogens is 4. The molecule has 8 heteroatoms. The van der Waals surface area contributed by atoms with Crippen molar-refractivity contribution in [2.45, 2.75) is 18.9 Å². The number of aryl methyl sites for hydroxylation is 1. The van der Waals surface area contributed by atoms with Gasteiger partial charge in [0.1, 0.15) is 11.9 Å². The number of fused-ring (bicyclic) bond motifs is 1. The fourth-order valence-corrected chi connectivity index (χ4v) is 3.25. The molecule has 1 aliphatic rings. The van der Waals surface area contributed by atoms with Crippen molar-refractivity contribution in [3.05, 3.63) is 42.0 Å². The Morgan fingerprint density at radius 2 is 2.32 bits per heavy atom. The highest BCUT2D eigenvalue weighted by atomic mass is 19.1. The summed E-state index contributed by atoms with van der Waals surface area (Å²) >= 11 is 0. The number of amides is 1. The second kappa shape index (κ2) is 6.29. The lowest BCUT2D eigenvalue weighted by Crippen LogP contribution is -2.34. The fraction of sp³-hybridized carbons (Fsp3) is 0.353. The van der Waals surface area contributed by atoms with Crippen LogP contribution in [0.15, 0.2) is 30.5 Å². The Morgan fingerprint density at radius 1 is 1.44 bits per heavy atom. The van der Waals surface area contributed by atoms with Crippen LogP contribution in [0.4, 0.5) is 10.3 Å². The average molecular weight is 343 g/mol. The molecule has 3 aromatic rings. The summed E-state index contributed by atoms with van der Waals surface area (Å²) < 4.78 is 20.9. The van der Waals surface area contributed by atoms with E-state index in [9.17, 15) is 9.18 Å². The van der Waals surface area contributed by atoms with E-state index in [2.05, 4.69) is 20.4 Å². The van der Waals surface area contributed by atoms with Crippen LogP contribution in [0.5, 0.6) is 0 Å². The second-order valence-electron chi connectivity index (χ2n) is 6.16. The SMILES string of the molecule is Cn1nccc1[C@@H]1OCCC[C@H]1C(=O)Nc1nc2ccc(F)cc2[nH]1. The lowest BCUT2D eigenvalue weighted by Gasteiger charge is -2.30. The average Bonchev–Trinajstić information content (AvgIpc) is 3.19. The normalized spacial score (nSPS) is 20.7. The van der Waals surface area contributed by atoms with Crippen LogP contribution >= 0.6 is 0 Å². The van der Waals surface area contributed by atoms with Gasteiger partial charge in [0, 0.05) is 19.9 Å². The van der Waals surface area contributed by atoms with Gasteiger partial charge in [0.05, 0.1) is 22.6 Å². The lowest BCUT2D eigenvalue weighted by atomic mass is 9.91. The quantitative estimate of drug-likeness (QED) is 0.765. The molecule has 7 nitrogen and oxygen atoms in total. The zero-order valence-electron chi connectivity index (χ0n) is 13.7. The zero-order chi connectivity index (χ0) is 17.4. The van der Waals surface area contributed by atoms with Crippen molar-refractivity contribution < 1.29 is 13.9 Å². The van der Waals surface area contributed by atoms with Crippen molar-refractivity contribution in [3.8, 4) is 0 Å². The molecule has 0 bridgehead atoms. The molecule has 0 unspecified atom stereocenters. The second-order valence-corrected chi connectivity index (χ2v) is 6.16. The summed E-state index contributed by atoms with van der Waals surface area (Å²) in [5.74, 6) is -0.564. The predicted molar refractivity (Wildman–Crippen MR) is 89.3 cm³/mol. The van der Waals surface area contributed by atoms with Crippen LogP contribution in [0.25, 0.3) is 11.0 Å². The Balaban J connectivity index is 1.56. The molecule has 2 aromatic heterocycles. The van der Waals surface area contributed by atoms with E-state index < -0.39 is 0 Å². The van der Waals surface area contributed by atoms with Crippen LogP contribution in [0.2, 0.25) is 0 Å². The van der Waals surface area contributed by atoms with Crippen molar-refractivity contribution in [1.82, 2.24) is 19.7 Å². The van der Waals surface area contributed by atoms with Crippen LogP contribution in [0.1, 0.15) is 24.6 Å².